The van der Waals surface area contributed by atoms with Gasteiger partial charge in [0, 0.05) is 20.6 Å². The average molecular weight is 349 g/mol. The Morgan fingerprint density at radius 2 is 2.00 bits per heavy atom. The Labute approximate surface area is 130 Å². The summed E-state index contributed by atoms with van der Waals surface area (Å²) in [6.07, 6.45) is 1.56. The van der Waals surface area contributed by atoms with Crippen LogP contribution >= 0.6 is 27.5 Å². The normalized spacial score (nSPS) is 10.8. The highest BCUT2D eigenvalue weighted by molar-refractivity contribution is 9.10. The fourth-order valence-electron chi connectivity index (χ4n) is 2.05. The molecule has 1 aromatic heterocycles. The third-order valence-electron chi connectivity index (χ3n) is 3.06. The van der Waals surface area contributed by atoms with E-state index in [-0.39, 0.29) is 0 Å². The quantitative estimate of drug-likeness (QED) is 0.700. The molecule has 0 saturated carbocycles. The van der Waals surface area contributed by atoms with Gasteiger partial charge in [-0.1, -0.05) is 17.7 Å². The molecule has 0 atom stereocenters. The highest BCUT2D eigenvalue weighted by Gasteiger charge is 2.07. The van der Waals surface area contributed by atoms with Gasteiger partial charge in [-0.25, -0.2) is 9.97 Å². The zero-order valence-corrected chi connectivity index (χ0v) is 13.0. The molecule has 0 bridgehead atoms. The van der Waals surface area contributed by atoms with Crippen molar-refractivity contribution >= 4 is 49.9 Å². The summed E-state index contributed by atoms with van der Waals surface area (Å²) in [5.74, 6) is 0.779. The molecule has 1 heterocycles. The van der Waals surface area contributed by atoms with Crippen molar-refractivity contribution in [1.82, 2.24) is 9.97 Å². The van der Waals surface area contributed by atoms with Gasteiger partial charge in [-0.15, -0.1) is 0 Å². The maximum atomic E-state index is 5.98. The van der Waals surface area contributed by atoms with Crippen LogP contribution in [-0.4, -0.2) is 9.97 Å². The number of aryl methyl sites for hydroxylation is 1. The molecule has 100 valence electrons. The number of nitrogens with zero attached hydrogens (tertiary/aromatic N) is 2. The Morgan fingerprint density at radius 1 is 1.15 bits per heavy atom. The van der Waals surface area contributed by atoms with E-state index in [1.54, 1.807) is 6.33 Å². The molecule has 5 heteroatoms. The van der Waals surface area contributed by atoms with E-state index in [0.717, 1.165) is 37.5 Å². The average Bonchev–Trinajstić information content (AvgIpc) is 2.43. The minimum absolute atomic E-state index is 0.725. The van der Waals surface area contributed by atoms with Crippen molar-refractivity contribution in [3.63, 3.8) is 0 Å². The predicted molar refractivity (Wildman–Crippen MR) is 86.7 cm³/mol. The van der Waals surface area contributed by atoms with Crippen molar-refractivity contribution in [1.29, 1.82) is 0 Å². The first-order valence-corrected chi connectivity index (χ1v) is 7.24. The van der Waals surface area contributed by atoms with Gasteiger partial charge < -0.3 is 5.32 Å². The predicted octanol–water partition coefficient (Wildman–Crippen LogP) is 5.10. The summed E-state index contributed by atoms with van der Waals surface area (Å²) in [7, 11) is 0. The van der Waals surface area contributed by atoms with E-state index < -0.39 is 0 Å². The van der Waals surface area contributed by atoms with E-state index in [4.69, 9.17) is 11.6 Å². The van der Waals surface area contributed by atoms with Crippen molar-refractivity contribution in [2.24, 2.45) is 0 Å². The van der Waals surface area contributed by atoms with Gasteiger partial charge in [-0.3, -0.25) is 0 Å². The van der Waals surface area contributed by atoms with Gasteiger partial charge in [0.2, 0.25) is 0 Å². The maximum Gasteiger partial charge on any atom is 0.141 e. The molecule has 0 aliphatic heterocycles. The number of hydrogen-bond donors (Lipinski definition) is 1. The molecule has 0 fully saturated rings. The third-order valence-corrected chi connectivity index (χ3v) is 3.93. The summed E-state index contributed by atoms with van der Waals surface area (Å²) < 4.78 is 0.952. The van der Waals surface area contributed by atoms with Gasteiger partial charge >= 0.3 is 0 Å². The standard InChI is InChI=1S/C15H11BrClN3/c1-9-7-10(17)5-6-13(9)20-15-11-3-2-4-12(16)14(11)18-8-19-15/h2-8H,1H3,(H,18,19,20). The fraction of sp³-hybridized carbons (Fsp3) is 0.0667. The lowest BCUT2D eigenvalue weighted by Crippen LogP contribution is -1.97. The van der Waals surface area contributed by atoms with Gasteiger partial charge in [0.05, 0.1) is 5.52 Å². The summed E-state index contributed by atoms with van der Waals surface area (Å²) in [6.45, 7) is 2.01. The number of para-hydroxylation sites is 1. The Bertz CT molecular complexity index is 789. The van der Waals surface area contributed by atoms with E-state index in [1.165, 1.54) is 0 Å². The van der Waals surface area contributed by atoms with E-state index in [2.05, 4.69) is 31.2 Å². The van der Waals surface area contributed by atoms with Crippen LogP contribution in [0.2, 0.25) is 5.02 Å². The number of halogens is 2. The van der Waals surface area contributed by atoms with Crippen LogP contribution in [0.15, 0.2) is 47.2 Å². The number of hydrogen-bond acceptors (Lipinski definition) is 3. The summed E-state index contributed by atoms with van der Waals surface area (Å²) in [5.41, 5.74) is 2.94. The molecule has 3 aromatic rings. The molecule has 0 spiro atoms. The molecule has 3 rings (SSSR count). The van der Waals surface area contributed by atoms with Gasteiger partial charge in [-0.05, 0) is 58.7 Å². The molecule has 0 saturated heterocycles. The first kappa shape index (κ1) is 13.3. The van der Waals surface area contributed by atoms with E-state index >= 15 is 0 Å². The smallest absolute Gasteiger partial charge is 0.141 e. The lowest BCUT2D eigenvalue weighted by molar-refractivity contribution is 1.21. The SMILES string of the molecule is Cc1cc(Cl)ccc1Nc1ncnc2c(Br)cccc12. The second kappa shape index (κ2) is 5.38. The number of fused-ring (bicyclic) bond motifs is 1. The van der Waals surface area contributed by atoms with Crippen LogP contribution in [-0.2, 0) is 0 Å². The summed E-state index contributed by atoms with van der Waals surface area (Å²) in [5, 5.41) is 5.03. The van der Waals surface area contributed by atoms with Crippen LogP contribution in [0.1, 0.15) is 5.56 Å². The lowest BCUT2D eigenvalue weighted by atomic mass is 10.2. The molecule has 0 unspecified atom stereocenters. The molecule has 20 heavy (non-hydrogen) atoms. The number of nitrogens with one attached hydrogen (secondary N) is 1. The maximum absolute atomic E-state index is 5.98. The van der Waals surface area contributed by atoms with Crippen molar-refractivity contribution in [2.75, 3.05) is 5.32 Å². The van der Waals surface area contributed by atoms with Gasteiger partial charge in [-0.2, -0.15) is 0 Å². The second-order valence-corrected chi connectivity index (χ2v) is 5.73. The number of aromatic nitrogens is 2. The first-order valence-electron chi connectivity index (χ1n) is 6.07. The number of rotatable bonds is 2. The lowest BCUT2D eigenvalue weighted by Gasteiger charge is -2.11. The van der Waals surface area contributed by atoms with Crippen molar-refractivity contribution in [2.45, 2.75) is 6.92 Å². The van der Waals surface area contributed by atoms with E-state index in [9.17, 15) is 0 Å². The minimum atomic E-state index is 0.725. The third kappa shape index (κ3) is 2.49. The molecule has 0 aliphatic carbocycles. The van der Waals surface area contributed by atoms with Crippen LogP contribution in [0.3, 0.4) is 0 Å². The van der Waals surface area contributed by atoms with Crippen LogP contribution in [0.4, 0.5) is 11.5 Å². The van der Waals surface area contributed by atoms with Crippen molar-refractivity contribution in [3.8, 4) is 0 Å². The van der Waals surface area contributed by atoms with Crippen LogP contribution < -0.4 is 5.32 Å². The summed E-state index contributed by atoms with van der Waals surface area (Å²) in [6, 6.07) is 11.7. The molecule has 0 amide bonds. The molecule has 2 aromatic carbocycles. The van der Waals surface area contributed by atoms with E-state index in [1.807, 2.05) is 43.3 Å². The first-order chi connectivity index (χ1) is 9.65. The molecule has 3 nitrogen and oxygen atoms in total. The zero-order valence-electron chi connectivity index (χ0n) is 10.7. The molecular weight excluding hydrogens is 338 g/mol. The zero-order chi connectivity index (χ0) is 14.1. The Kier molecular flexibility index (Phi) is 3.59. The molecule has 0 radical (unpaired) electrons. The fourth-order valence-corrected chi connectivity index (χ4v) is 2.74. The Hall–Kier alpha value is -1.65. The monoisotopic (exact) mass is 347 g/mol. The van der Waals surface area contributed by atoms with Crippen LogP contribution in [0.5, 0.6) is 0 Å². The second-order valence-electron chi connectivity index (χ2n) is 4.44. The highest BCUT2D eigenvalue weighted by atomic mass is 79.9. The Balaban J connectivity index is 2.09. The topological polar surface area (TPSA) is 37.8 Å². The number of benzene rings is 2. The molecule has 0 aliphatic rings. The molecular formula is C15H11BrClN3. The summed E-state index contributed by atoms with van der Waals surface area (Å²) >= 11 is 9.48. The van der Waals surface area contributed by atoms with Gasteiger partial charge in [0.1, 0.15) is 12.1 Å². The highest BCUT2D eigenvalue weighted by Crippen LogP contribution is 2.29. The minimum Gasteiger partial charge on any atom is -0.339 e. The van der Waals surface area contributed by atoms with Crippen LogP contribution in [0, 0.1) is 6.92 Å². The van der Waals surface area contributed by atoms with E-state index in [0.29, 0.717) is 0 Å². The Morgan fingerprint density at radius 3 is 2.80 bits per heavy atom. The van der Waals surface area contributed by atoms with Crippen molar-refractivity contribution < 1.29 is 0 Å². The van der Waals surface area contributed by atoms with Crippen LogP contribution in [0.25, 0.3) is 10.9 Å². The molecule has 1 N–H and O–H groups in total. The summed E-state index contributed by atoms with van der Waals surface area (Å²) in [4.78, 5) is 8.63. The van der Waals surface area contributed by atoms with Gasteiger partial charge in [0.15, 0.2) is 0 Å². The van der Waals surface area contributed by atoms with Crippen molar-refractivity contribution in [3.05, 3.63) is 57.8 Å². The van der Waals surface area contributed by atoms with Gasteiger partial charge in [0.25, 0.3) is 0 Å². The largest absolute Gasteiger partial charge is 0.339 e. The number of anilines is 2.